The maximum atomic E-state index is 13.4. The smallest absolute Gasteiger partial charge is 0.311 e. The third kappa shape index (κ3) is 3.47. The molecule has 7 heteroatoms. The Morgan fingerprint density at radius 2 is 2.00 bits per heavy atom. The molecule has 1 aromatic carbocycles. The van der Waals surface area contributed by atoms with Gasteiger partial charge in [-0.3, -0.25) is 9.59 Å². The van der Waals surface area contributed by atoms with E-state index in [0.717, 1.165) is 35.0 Å². The molecule has 3 unspecified atom stereocenters. The van der Waals surface area contributed by atoms with E-state index >= 15 is 0 Å². The van der Waals surface area contributed by atoms with Gasteiger partial charge in [-0.05, 0) is 25.8 Å². The number of rotatable bonds is 6. The highest BCUT2D eigenvalue weighted by Crippen LogP contribution is 2.34. The summed E-state index contributed by atoms with van der Waals surface area (Å²) in [6.07, 6.45) is 5.67. The highest BCUT2D eigenvalue weighted by molar-refractivity contribution is 6.11. The number of ketones is 1. The Morgan fingerprint density at radius 3 is 2.77 bits per heavy atom. The normalized spacial score (nSPS) is 21.9. The number of para-hydroxylation sites is 1. The molecule has 4 rings (SSSR count). The highest BCUT2D eigenvalue weighted by atomic mass is 16.5. The van der Waals surface area contributed by atoms with Crippen molar-refractivity contribution in [3.8, 4) is 0 Å². The zero-order valence-electron chi connectivity index (χ0n) is 17.9. The first kappa shape index (κ1) is 20.5. The van der Waals surface area contributed by atoms with Crippen molar-refractivity contribution >= 4 is 22.7 Å². The van der Waals surface area contributed by atoms with E-state index in [1.807, 2.05) is 42.5 Å². The van der Waals surface area contributed by atoms with Crippen LogP contribution in [0.1, 0.15) is 36.3 Å². The average Bonchev–Trinajstić information content (AvgIpc) is 3.25. The molecule has 0 bridgehead atoms. The Hall–Kier alpha value is -2.80. The summed E-state index contributed by atoms with van der Waals surface area (Å²) in [5.74, 6) is -0.411. The molecule has 7 nitrogen and oxygen atoms in total. The van der Waals surface area contributed by atoms with Crippen molar-refractivity contribution in [2.24, 2.45) is 24.6 Å². The van der Waals surface area contributed by atoms with Gasteiger partial charge in [-0.25, -0.2) is 0 Å². The van der Waals surface area contributed by atoms with Crippen molar-refractivity contribution in [3.63, 3.8) is 0 Å². The summed E-state index contributed by atoms with van der Waals surface area (Å²) in [5, 5.41) is 1.05. The van der Waals surface area contributed by atoms with Crippen molar-refractivity contribution in [2.75, 3.05) is 19.8 Å². The summed E-state index contributed by atoms with van der Waals surface area (Å²) >= 11 is 0. The molecule has 3 atom stereocenters. The van der Waals surface area contributed by atoms with Crippen LogP contribution in [0.4, 0.5) is 0 Å². The van der Waals surface area contributed by atoms with Crippen LogP contribution in [0.3, 0.4) is 0 Å². The molecule has 0 saturated carbocycles. The molecular formula is C23H30N4O3. The molecule has 0 spiro atoms. The second kappa shape index (κ2) is 8.14. The van der Waals surface area contributed by atoms with Crippen LogP contribution in [0.5, 0.6) is 0 Å². The molecule has 0 radical (unpaired) electrons. The third-order valence-corrected chi connectivity index (χ3v) is 6.53. The summed E-state index contributed by atoms with van der Waals surface area (Å²) in [6.45, 7) is 4.92. The molecule has 2 aromatic rings. The fraction of sp³-hybridized carbons (Fsp3) is 0.478. The molecule has 1 aliphatic carbocycles. The van der Waals surface area contributed by atoms with Gasteiger partial charge in [-0.1, -0.05) is 25.1 Å². The number of aryl methyl sites for hydroxylation is 1. The number of esters is 1. The molecule has 1 aliphatic heterocycles. The number of hydrogen-bond acceptors (Lipinski definition) is 6. The minimum atomic E-state index is -0.308. The first-order valence-electron chi connectivity index (χ1n) is 10.6. The summed E-state index contributed by atoms with van der Waals surface area (Å²) in [6, 6.07) is 8.13. The lowest BCUT2D eigenvalue weighted by atomic mass is 9.84. The van der Waals surface area contributed by atoms with Gasteiger partial charge in [-0.15, -0.1) is 0 Å². The van der Waals surface area contributed by atoms with Crippen LogP contribution in [-0.4, -0.2) is 52.1 Å². The van der Waals surface area contributed by atoms with E-state index in [0.29, 0.717) is 6.54 Å². The van der Waals surface area contributed by atoms with Crippen LogP contribution in [0.2, 0.25) is 0 Å². The van der Waals surface area contributed by atoms with Crippen LogP contribution in [0, 0.1) is 11.8 Å². The Kier molecular flexibility index (Phi) is 5.56. The van der Waals surface area contributed by atoms with Crippen molar-refractivity contribution in [1.29, 1.82) is 0 Å². The lowest BCUT2D eigenvalue weighted by Gasteiger charge is -2.33. The van der Waals surface area contributed by atoms with E-state index < -0.39 is 0 Å². The number of Topliss-reactive ketones (excluding diaryl/α,β-unsaturated/α-hetero) is 1. The second-order valence-electron chi connectivity index (χ2n) is 8.37. The number of carbonyl (C=O) groups is 2. The highest BCUT2D eigenvalue weighted by Gasteiger charge is 2.34. The first-order valence-corrected chi connectivity index (χ1v) is 10.6. The van der Waals surface area contributed by atoms with Gasteiger partial charge < -0.3 is 24.8 Å². The van der Waals surface area contributed by atoms with Crippen molar-refractivity contribution in [3.05, 3.63) is 47.9 Å². The van der Waals surface area contributed by atoms with Crippen molar-refractivity contribution < 1.29 is 14.3 Å². The van der Waals surface area contributed by atoms with Gasteiger partial charge in [0.25, 0.3) is 0 Å². The van der Waals surface area contributed by atoms with Crippen molar-refractivity contribution in [2.45, 2.75) is 32.9 Å². The van der Waals surface area contributed by atoms with Gasteiger partial charge in [0.2, 0.25) is 0 Å². The first-order chi connectivity index (χ1) is 14.4. The molecular weight excluding hydrogens is 380 g/mol. The number of fused-ring (bicyclic) bond motifs is 3. The zero-order valence-corrected chi connectivity index (χ0v) is 17.9. The minimum absolute atomic E-state index is 0.0210. The largest absolute Gasteiger partial charge is 0.444 e. The molecule has 30 heavy (non-hydrogen) atoms. The molecule has 0 amide bonds. The Balaban J connectivity index is 1.43. The maximum absolute atomic E-state index is 13.4. The predicted molar refractivity (Wildman–Crippen MR) is 115 cm³/mol. The number of benzene rings is 1. The number of hydrogen-bond donors (Lipinski definition) is 1. The summed E-state index contributed by atoms with van der Waals surface area (Å²) in [5.41, 5.74) is 8.67. The zero-order chi connectivity index (χ0) is 21.4. The second-order valence-corrected chi connectivity index (χ2v) is 8.37. The van der Waals surface area contributed by atoms with Gasteiger partial charge in [0.05, 0.1) is 5.92 Å². The van der Waals surface area contributed by atoms with E-state index in [1.54, 1.807) is 6.92 Å². The third-order valence-electron chi connectivity index (χ3n) is 6.53. The fourth-order valence-corrected chi connectivity index (χ4v) is 4.44. The molecule has 160 valence electrons. The summed E-state index contributed by atoms with van der Waals surface area (Å²) < 4.78 is 7.53. The summed E-state index contributed by atoms with van der Waals surface area (Å²) in [7, 11) is 2.05. The van der Waals surface area contributed by atoms with Crippen molar-refractivity contribution in [1.82, 2.24) is 14.4 Å². The number of ether oxygens (including phenoxy) is 1. The SMILES string of the molecule is CC(CN)C(=O)OCN1C=CN(CC2CCc3c(c4ccccc4n3C)C2=O)C1C. The Bertz CT molecular complexity index is 996. The predicted octanol–water partition coefficient (Wildman–Crippen LogP) is 2.45. The van der Waals surface area contributed by atoms with E-state index in [4.69, 9.17) is 10.5 Å². The van der Waals surface area contributed by atoms with Crippen LogP contribution >= 0.6 is 0 Å². The lowest BCUT2D eigenvalue weighted by molar-refractivity contribution is -0.152. The molecule has 2 N–H and O–H groups in total. The van der Waals surface area contributed by atoms with Gasteiger partial charge in [-0.2, -0.15) is 0 Å². The number of carbonyl (C=O) groups excluding carboxylic acids is 2. The average molecular weight is 411 g/mol. The Morgan fingerprint density at radius 1 is 1.27 bits per heavy atom. The summed E-state index contributed by atoms with van der Waals surface area (Å²) in [4.78, 5) is 29.4. The number of nitrogens with two attached hydrogens (primary N) is 1. The number of aromatic nitrogens is 1. The van der Waals surface area contributed by atoms with E-state index in [2.05, 4.69) is 22.5 Å². The van der Waals surface area contributed by atoms with E-state index in [-0.39, 0.29) is 43.0 Å². The van der Waals surface area contributed by atoms with Gasteiger partial charge in [0.15, 0.2) is 12.5 Å². The van der Waals surface area contributed by atoms with Gasteiger partial charge in [0.1, 0.15) is 6.17 Å². The monoisotopic (exact) mass is 410 g/mol. The number of nitrogens with zero attached hydrogens (tertiary/aromatic N) is 3. The maximum Gasteiger partial charge on any atom is 0.311 e. The van der Waals surface area contributed by atoms with E-state index in [9.17, 15) is 9.59 Å². The van der Waals surface area contributed by atoms with Crippen LogP contribution in [0.15, 0.2) is 36.7 Å². The Labute approximate surface area is 177 Å². The van der Waals surface area contributed by atoms with Gasteiger partial charge in [0, 0.05) is 60.6 Å². The molecule has 2 heterocycles. The molecule has 0 saturated heterocycles. The standard InChI is InChI=1S/C23H30N4O3/c1-15(12-24)23(29)30-14-27-11-10-26(16(27)2)13-17-8-9-20-21(22(17)28)18-6-4-5-7-19(18)25(20)3/h4-7,10-11,15-17H,8-9,12-14,24H2,1-3H3. The topological polar surface area (TPSA) is 80.8 Å². The van der Waals surface area contributed by atoms with E-state index in [1.165, 1.54) is 0 Å². The van der Waals surface area contributed by atoms with Crippen LogP contribution in [-0.2, 0) is 23.0 Å². The van der Waals surface area contributed by atoms with Crippen LogP contribution in [0.25, 0.3) is 10.9 Å². The van der Waals surface area contributed by atoms with Gasteiger partial charge >= 0.3 is 5.97 Å². The minimum Gasteiger partial charge on any atom is -0.444 e. The molecule has 0 fully saturated rings. The molecule has 1 aromatic heterocycles. The fourth-order valence-electron chi connectivity index (χ4n) is 4.44. The van der Waals surface area contributed by atoms with Crippen LogP contribution < -0.4 is 5.73 Å². The lowest BCUT2D eigenvalue weighted by Crippen LogP contribution is -2.42. The quantitative estimate of drug-likeness (QED) is 0.737. The molecule has 2 aliphatic rings.